The van der Waals surface area contributed by atoms with Gasteiger partial charge in [-0.3, -0.25) is 0 Å². The number of hydrogen-bond donors (Lipinski definition) is 5. The Hall–Kier alpha value is -1.46. The molecule has 0 aliphatic heterocycles. The molecule has 0 radical (unpaired) electrons. The van der Waals surface area contributed by atoms with Gasteiger partial charge in [0.1, 0.15) is 0 Å². The monoisotopic (exact) mass is 267 g/mol. The molecule has 0 spiro atoms. The maximum atomic E-state index is 5.89. The average molecular weight is 267 g/mol. The van der Waals surface area contributed by atoms with Crippen LogP contribution in [0.1, 0.15) is 19.8 Å². The summed E-state index contributed by atoms with van der Waals surface area (Å²) in [5.74, 6) is 0. The van der Waals surface area contributed by atoms with Gasteiger partial charge in [0.05, 0.1) is 11.4 Å². The minimum absolute atomic E-state index is 0.377. The molecule has 0 aromatic carbocycles. The molecule has 0 rings (SSSR count). The van der Waals surface area contributed by atoms with Crippen LogP contribution in [0.4, 0.5) is 0 Å². The van der Waals surface area contributed by atoms with E-state index in [9.17, 15) is 0 Å². The van der Waals surface area contributed by atoms with Crippen LogP contribution in [0.3, 0.4) is 0 Å². The largest absolute Gasteiger partial charge is 0.403 e. The number of nitrogens with one attached hydrogen (secondary N) is 3. The molecule has 5 heteroatoms. The normalized spacial score (nSPS) is 14.9. The van der Waals surface area contributed by atoms with Crippen LogP contribution in [-0.2, 0) is 0 Å². The fraction of sp³-hybridized carbons (Fsp3) is 0.571. The minimum Gasteiger partial charge on any atom is -0.403 e. The molecular weight excluding hydrogens is 238 g/mol. The van der Waals surface area contributed by atoms with Gasteiger partial charge in [0, 0.05) is 19.3 Å². The molecule has 5 nitrogen and oxygen atoms in total. The molecule has 0 bridgehead atoms. The van der Waals surface area contributed by atoms with Crippen LogP contribution in [-0.4, -0.2) is 33.2 Å². The van der Waals surface area contributed by atoms with E-state index in [0.29, 0.717) is 11.7 Å². The average Bonchev–Trinajstić information content (AvgIpc) is 2.40. The van der Waals surface area contributed by atoms with Crippen LogP contribution in [0, 0.1) is 0 Å². The summed E-state index contributed by atoms with van der Waals surface area (Å²) in [6, 6.07) is 0.377. The second-order valence-electron chi connectivity index (χ2n) is 4.25. The van der Waals surface area contributed by atoms with Crippen molar-refractivity contribution in [2.45, 2.75) is 25.8 Å². The van der Waals surface area contributed by atoms with Gasteiger partial charge in [0.2, 0.25) is 0 Å². The van der Waals surface area contributed by atoms with E-state index in [1.54, 1.807) is 7.05 Å². The van der Waals surface area contributed by atoms with E-state index >= 15 is 0 Å². The number of nitrogens with two attached hydrogens (primary N) is 2. The highest BCUT2D eigenvalue weighted by molar-refractivity contribution is 5.29. The van der Waals surface area contributed by atoms with Crippen molar-refractivity contribution in [1.29, 1.82) is 0 Å². The molecule has 19 heavy (non-hydrogen) atoms. The Morgan fingerprint density at radius 2 is 2.05 bits per heavy atom. The summed E-state index contributed by atoms with van der Waals surface area (Å²) in [4.78, 5) is 0. The van der Waals surface area contributed by atoms with Gasteiger partial charge in [-0.1, -0.05) is 19.1 Å². The molecule has 0 aromatic heterocycles. The molecule has 0 amide bonds. The minimum atomic E-state index is 0.377. The van der Waals surface area contributed by atoms with Crippen LogP contribution in [0.5, 0.6) is 0 Å². The number of allylic oxidation sites excluding steroid dienone is 2. The Bertz CT molecular complexity index is 307. The van der Waals surface area contributed by atoms with Crippen molar-refractivity contribution in [2.24, 2.45) is 11.5 Å². The Balaban J connectivity index is 4.40. The van der Waals surface area contributed by atoms with E-state index in [0.717, 1.165) is 31.6 Å². The summed E-state index contributed by atoms with van der Waals surface area (Å²) in [6.07, 6.45) is 9.68. The standard InChI is InChI=1S/C14H29N5/c1-4-19-12(8-6-10-17-2)7-5-9-13(16)14(11-15)18-3/h5,7,9,11-12,17-19H,4,6,8,10,15-16H2,1-3H3/b7-5-,13-9-,14-11-. The molecule has 0 saturated heterocycles. The van der Waals surface area contributed by atoms with E-state index in [1.165, 1.54) is 6.20 Å². The molecule has 0 aliphatic carbocycles. The predicted octanol–water partition coefficient (Wildman–Crippen LogP) is 0.382. The van der Waals surface area contributed by atoms with Gasteiger partial charge in [-0.25, -0.2) is 0 Å². The Morgan fingerprint density at radius 1 is 1.32 bits per heavy atom. The lowest BCUT2D eigenvalue weighted by Gasteiger charge is -2.13. The molecule has 0 aromatic rings. The van der Waals surface area contributed by atoms with Crippen molar-refractivity contribution in [1.82, 2.24) is 16.0 Å². The zero-order valence-corrected chi connectivity index (χ0v) is 12.4. The van der Waals surface area contributed by atoms with E-state index in [2.05, 4.69) is 29.0 Å². The summed E-state index contributed by atoms with van der Waals surface area (Å²) in [5.41, 5.74) is 12.7. The topological polar surface area (TPSA) is 88.1 Å². The van der Waals surface area contributed by atoms with Crippen LogP contribution in [0.25, 0.3) is 0 Å². The van der Waals surface area contributed by atoms with E-state index < -0.39 is 0 Å². The Kier molecular flexibility index (Phi) is 10.7. The molecule has 0 saturated carbocycles. The molecular formula is C14H29N5. The Morgan fingerprint density at radius 3 is 2.58 bits per heavy atom. The van der Waals surface area contributed by atoms with Crippen molar-refractivity contribution in [3.05, 3.63) is 35.8 Å². The van der Waals surface area contributed by atoms with Gasteiger partial charge in [-0.15, -0.1) is 0 Å². The summed E-state index contributed by atoms with van der Waals surface area (Å²) in [6.45, 7) is 4.10. The van der Waals surface area contributed by atoms with Crippen LogP contribution < -0.4 is 27.4 Å². The maximum absolute atomic E-state index is 5.89. The lowest BCUT2D eigenvalue weighted by Crippen LogP contribution is -2.27. The van der Waals surface area contributed by atoms with Gasteiger partial charge in [-0.05, 0) is 39.1 Å². The summed E-state index contributed by atoms with van der Waals surface area (Å²) in [5, 5.41) is 9.53. The van der Waals surface area contributed by atoms with Crippen molar-refractivity contribution < 1.29 is 0 Å². The van der Waals surface area contributed by atoms with Crippen LogP contribution >= 0.6 is 0 Å². The summed E-state index contributed by atoms with van der Waals surface area (Å²) < 4.78 is 0. The second kappa shape index (κ2) is 11.6. The van der Waals surface area contributed by atoms with E-state index in [4.69, 9.17) is 11.5 Å². The zero-order valence-electron chi connectivity index (χ0n) is 12.4. The van der Waals surface area contributed by atoms with E-state index in [1.807, 2.05) is 19.2 Å². The highest BCUT2D eigenvalue weighted by Gasteiger charge is 2.01. The number of rotatable bonds is 10. The highest BCUT2D eigenvalue weighted by atomic mass is 14.9. The second-order valence-corrected chi connectivity index (χ2v) is 4.25. The first-order valence-corrected chi connectivity index (χ1v) is 6.81. The van der Waals surface area contributed by atoms with E-state index in [-0.39, 0.29) is 0 Å². The molecule has 0 aliphatic rings. The maximum Gasteiger partial charge on any atom is 0.0728 e. The fourth-order valence-corrected chi connectivity index (χ4v) is 1.73. The molecule has 7 N–H and O–H groups in total. The first-order valence-electron chi connectivity index (χ1n) is 6.81. The fourth-order valence-electron chi connectivity index (χ4n) is 1.73. The van der Waals surface area contributed by atoms with Gasteiger partial charge < -0.3 is 27.4 Å². The van der Waals surface area contributed by atoms with Gasteiger partial charge >= 0.3 is 0 Å². The van der Waals surface area contributed by atoms with Gasteiger partial charge in [-0.2, -0.15) is 0 Å². The molecule has 1 unspecified atom stereocenters. The van der Waals surface area contributed by atoms with Gasteiger partial charge in [0.15, 0.2) is 0 Å². The first kappa shape index (κ1) is 17.5. The van der Waals surface area contributed by atoms with Crippen molar-refractivity contribution in [2.75, 3.05) is 27.2 Å². The SMILES string of the molecule is CCNC(\C=C/C=C(N)/C(=C/N)NC)CCCNC. The Labute approximate surface area is 117 Å². The number of hydrogen-bond acceptors (Lipinski definition) is 5. The van der Waals surface area contributed by atoms with Crippen molar-refractivity contribution in [3.63, 3.8) is 0 Å². The van der Waals surface area contributed by atoms with Crippen LogP contribution in [0.15, 0.2) is 35.8 Å². The predicted molar refractivity (Wildman–Crippen MR) is 83.4 cm³/mol. The zero-order chi connectivity index (χ0) is 14.5. The summed E-state index contributed by atoms with van der Waals surface area (Å²) in [7, 11) is 3.77. The third kappa shape index (κ3) is 8.29. The lowest BCUT2D eigenvalue weighted by atomic mass is 10.1. The third-order valence-corrected chi connectivity index (χ3v) is 2.77. The smallest absolute Gasteiger partial charge is 0.0728 e. The van der Waals surface area contributed by atoms with Crippen LogP contribution in [0.2, 0.25) is 0 Å². The lowest BCUT2D eigenvalue weighted by molar-refractivity contribution is 0.543. The third-order valence-electron chi connectivity index (χ3n) is 2.77. The molecule has 110 valence electrons. The molecule has 1 atom stereocenters. The summed E-state index contributed by atoms with van der Waals surface area (Å²) >= 11 is 0. The highest BCUT2D eigenvalue weighted by Crippen LogP contribution is 2.01. The molecule has 0 fully saturated rings. The number of likely N-dealkylation sites (N-methyl/N-ethyl adjacent to an activating group) is 2. The first-order chi connectivity index (χ1) is 9.19. The van der Waals surface area contributed by atoms with Crippen molar-refractivity contribution in [3.8, 4) is 0 Å². The van der Waals surface area contributed by atoms with Gasteiger partial charge in [0.25, 0.3) is 0 Å². The quantitative estimate of drug-likeness (QED) is 0.292. The van der Waals surface area contributed by atoms with Crippen molar-refractivity contribution >= 4 is 0 Å². The molecule has 0 heterocycles.